The molecule has 2 aliphatic rings. The Morgan fingerprint density at radius 2 is 1.96 bits per heavy atom. The standard InChI is InChI=1S/C20H18ClNO2/c1-24-17-4-2-3-15-16(10-7-13-5-8-14(21)9-6-13)20(11-12-20)19(23)22-18(15)17/h2-10,16H,11-12H2,1H3,(H,22,23)/b10-7+. The van der Waals surface area contributed by atoms with Crippen molar-refractivity contribution in [1.82, 2.24) is 0 Å². The second kappa shape index (κ2) is 5.67. The van der Waals surface area contributed by atoms with Gasteiger partial charge >= 0.3 is 0 Å². The molecular weight excluding hydrogens is 322 g/mol. The molecule has 1 fully saturated rings. The van der Waals surface area contributed by atoms with Gasteiger partial charge in [0.05, 0.1) is 18.2 Å². The van der Waals surface area contributed by atoms with Crippen molar-refractivity contribution in [1.29, 1.82) is 0 Å². The maximum atomic E-state index is 12.7. The second-order valence-electron chi connectivity index (χ2n) is 6.42. The highest BCUT2D eigenvalue weighted by Crippen LogP contribution is 2.61. The number of nitrogens with one attached hydrogen (secondary N) is 1. The zero-order valence-electron chi connectivity index (χ0n) is 13.4. The van der Waals surface area contributed by atoms with E-state index in [1.165, 1.54) is 0 Å². The van der Waals surface area contributed by atoms with Crippen molar-refractivity contribution in [2.45, 2.75) is 18.8 Å². The van der Waals surface area contributed by atoms with Gasteiger partial charge < -0.3 is 10.1 Å². The Labute approximate surface area is 146 Å². The van der Waals surface area contributed by atoms with Gasteiger partial charge in [0.25, 0.3) is 0 Å². The normalized spacial score (nSPS) is 20.8. The first-order valence-corrected chi connectivity index (χ1v) is 8.44. The fourth-order valence-electron chi connectivity index (χ4n) is 3.53. The molecule has 24 heavy (non-hydrogen) atoms. The van der Waals surface area contributed by atoms with E-state index in [9.17, 15) is 4.79 Å². The molecule has 1 unspecified atom stereocenters. The molecule has 2 aromatic rings. The highest BCUT2D eigenvalue weighted by molar-refractivity contribution is 6.30. The van der Waals surface area contributed by atoms with Crippen LogP contribution in [0, 0.1) is 5.41 Å². The Balaban J connectivity index is 1.76. The van der Waals surface area contributed by atoms with E-state index in [-0.39, 0.29) is 17.2 Å². The van der Waals surface area contributed by atoms with E-state index < -0.39 is 0 Å². The molecule has 1 heterocycles. The lowest BCUT2D eigenvalue weighted by Gasteiger charge is -2.32. The molecule has 1 amide bonds. The highest BCUT2D eigenvalue weighted by atomic mass is 35.5. The number of anilines is 1. The molecule has 1 aliphatic heterocycles. The largest absolute Gasteiger partial charge is 0.495 e. The third-order valence-corrected chi connectivity index (χ3v) is 5.29. The number of hydrogen-bond acceptors (Lipinski definition) is 2. The lowest BCUT2D eigenvalue weighted by molar-refractivity contribution is -0.121. The summed E-state index contributed by atoms with van der Waals surface area (Å²) < 4.78 is 5.42. The predicted molar refractivity (Wildman–Crippen MR) is 96.5 cm³/mol. The molecule has 122 valence electrons. The number of amides is 1. The number of carbonyl (C=O) groups is 1. The summed E-state index contributed by atoms with van der Waals surface area (Å²) in [5.41, 5.74) is 2.69. The van der Waals surface area contributed by atoms with Crippen LogP contribution in [-0.4, -0.2) is 13.0 Å². The van der Waals surface area contributed by atoms with Gasteiger partial charge in [-0.05, 0) is 42.2 Å². The lowest BCUT2D eigenvalue weighted by atomic mass is 9.78. The average Bonchev–Trinajstić information content (AvgIpc) is 3.38. The molecule has 1 atom stereocenters. The molecule has 1 saturated carbocycles. The molecule has 0 saturated heterocycles. The first-order chi connectivity index (χ1) is 11.6. The molecule has 3 nitrogen and oxygen atoms in total. The smallest absolute Gasteiger partial charge is 0.231 e. The number of benzene rings is 2. The van der Waals surface area contributed by atoms with E-state index >= 15 is 0 Å². The van der Waals surface area contributed by atoms with Crippen molar-refractivity contribution >= 4 is 29.3 Å². The number of carbonyl (C=O) groups excluding carboxylic acids is 1. The Morgan fingerprint density at radius 3 is 2.62 bits per heavy atom. The average molecular weight is 340 g/mol. The molecule has 0 bridgehead atoms. The first kappa shape index (κ1) is 15.3. The maximum Gasteiger partial charge on any atom is 0.231 e. The minimum atomic E-state index is -0.303. The maximum absolute atomic E-state index is 12.7. The van der Waals surface area contributed by atoms with E-state index in [1.54, 1.807) is 7.11 Å². The van der Waals surface area contributed by atoms with E-state index in [4.69, 9.17) is 16.3 Å². The second-order valence-corrected chi connectivity index (χ2v) is 6.86. The predicted octanol–water partition coefficient (Wildman–Crippen LogP) is 4.88. The van der Waals surface area contributed by atoms with Gasteiger partial charge in [-0.3, -0.25) is 4.79 Å². The summed E-state index contributed by atoms with van der Waals surface area (Å²) in [6.07, 6.45) is 6.06. The topological polar surface area (TPSA) is 38.3 Å². The van der Waals surface area contributed by atoms with Crippen molar-refractivity contribution in [3.05, 3.63) is 64.7 Å². The van der Waals surface area contributed by atoms with Crippen LogP contribution in [0.2, 0.25) is 5.02 Å². The van der Waals surface area contributed by atoms with Gasteiger partial charge in [-0.2, -0.15) is 0 Å². The minimum Gasteiger partial charge on any atom is -0.495 e. The van der Waals surface area contributed by atoms with Crippen molar-refractivity contribution in [2.24, 2.45) is 5.41 Å². The van der Waals surface area contributed by atoms with Crippen LogP contribution in [-0.2, 0) is 4.79 Å². The van der Waals surface area contributed by atoms with Crippen LogP contribution in [0.3, 0.4) is 0 Å². The van der Waals surface area contributed by atoms with Crippen molar-refractivity contribution in [3.63, 3.8) is 0 Å². The summed E-state index contributed by atoms with van der Waals surface area (Å²) in [6.45, 7) is 0. The fourth-order valence-corrected chi connectivity index (χ4v) is 3.66. The number of rotatable bonds is 3. The van der Waals surface area contributed by atoms with E-state index in [0.29, 0.717) is 5.75 Å². The van der Waals surface area contributed by atoms with Crippen molar-refractivity contribution in [2.75, 3.05) is 12.4 Å². The fraction of sp³-hybridized carbons (Fsp3) is 0.250. The van der Waals surface area contributed by atoms with E-state index in [0.717, 1.165) is 34.7 Å². The Hall–Kier alpha value is -2.26. The van der Waals surface area contributed by atoms with Gasteiger partial charge in [0.1, 0.15) is 5.75 Å². The summed E-state index contributed by atoms with van der Waals surface area (Å²) in [7, 11) is 1.63. The molecule has 4 heteroatoms. The number of methoxy groups -OCH3 is 1. The van der Waals surface area contributed by atoms with E-state index in [1.807, 2.05) is 36.4 Å². The van der Waals surface area contributed by atoms with Crippen LogP contribution >= 0.6 is 11.6 Å². The van der Waals surface area contributed by atoms with Crippen LogP contribution in [0.1, 0.15) is 29.9 Å². The molecule has 4 rings (SSSR count). The van der Waals surface area contributed by atoms with Crippen LogP contribution in [0.5, 0.6) is 5.75 Å². The van der Waals surface area contributed by atoms with E-state index in [2.05, 4.69) is 23.5 Å². The number of para-hydroxylation sites is 1. The van der Waals surface area contributed by atoms with Crippen LogP contribution in [0.15, 0.2) is 48.5 Å². The van der Waals surface area contributed by atoms with Gasteiger partial charge in [0.15, 0.2) is 0 Å². The minimum absolute atomic E-state index is 0.0621. The first-order valence-electron chi connectivity index (χ1n) is 8.06. The summed E-state index contributed by atoms with van der Waals surface area (Å²) in [5, 5.41) is 3.77. The third kappa shape index (κ3) is 2.40. The van der Waals surface area contributed by atoms with Crippen LogP contribution < -0.4 is 10.1 Å². The number of ether oxygens (including phenoxy) is 1. The monoisotopic (exact) mass is 339 g/mol. The molecule has 0 radical (unpaired) electrons. The molecule has 1 N–H and O–H groups in total. The number of fused-ring (bicyclic) bond motifs is 1. The van der Waals surface area contributed by atoms with Gasteiger partial charge in [0, 0.05) is 10.9 Å². The van der Waals surface area contributed by atoms with Gasteiger partial charge in [-0.25, -0.2) is 0 Å². The molecule has 0 aromatic heterocycles. The lowest BCUT2D eigenvalue weighted by Crippen LogP contribution is -2.34. The molecule has 1 spiro atoms. The SMILES string of the molecule is COc1cccc2c1NC(=O)C1(CC1)C2/C=C/c1ccc(Cl)cc1. The number of hydrogen-bond donors (Lipinski definition) is 1. The Kier molecular flexibility index (Phi) is 3.61. The number of allylic oxidation sites excluding steroid dienone is 1. The zero-order chi connectivity index (χ0) is 16.7. The van der Waals surface area contributed by atoms with Crippen molar-refractivity contribution in [3.8, 4) is 5.75 Å². The zero-order valence-corrected chi connectivity index (χ0v) is 14.1. The quantitative estimate of drug-likeness (QED) is 0.865. The number of halogens is 1. The Bertz CT molecular complexity index is 822. The summed E-state index contributed by atoms with van der Waals surface area (Å²) in [6, 6.07) is 13.6. The van der Waals surface area contributed by atoms with Gasteiger partial charge in [-0.1, -0.05) is 48.0 Å². The van der Waals surface area contributed by atoms with Crippen LogP contribution in [0.4, 0.5) is 5.69 Å². The highest BCUT2D eigenvalue weighted by Gasteiger charge is 2.58. The molecule has 1 aliphatic carbocycles. The molecule has 2 aromatic carbocycles. The van der Waals surface area contributed by atoms with Crippen molar-refractivity contribution < 1.29 is 9.53 Å². The molecular formula is C20H18ClNO2. The third-order valence-electron chi connectivity index (χ3n) is 5.04. The summed E-state index contributed by atoms with van der Waals surface area (Å²) in [4.78, 5) is 12.7. The van der Waals surface area contributed by atoms with Gasteiger partial charge in [-0.15, -0.1) is 0 Å². The summed E-state index contributed by atoms with van der Waals surface area (Å²) in [5.74, 6) is 0.874. The van der Waals surface area contributed by atoms with Gasteiger partial charge in [0.2, 0.25) is 5.91 Å². The Morgan fingerprint density at radius 1 is 1.21 bits per heavy atom. The summed E-state index contributed by atoms with van der Waals surface area (Å²) >= 11 is 5.94. The van der Waals surface area contributed by atoms with Crippen LogP contribution in [0.25, 0.3) is 6.08 Å².